The molecular formula is C16H21N3O. The molecule has 4 nitrogen and oxygen atoms in total. The van der Waals surface area contributed by atoms with Crippen molar-refractivity contribution in [2.75, 3.05) is 17.6 Å². The van der Waals surface area contributed by atoms with Gasteiger partial charge in [0.2, 0.25) is 0 Å². The lowest BCUT2D eigenvalue weighted by molar-refractivity contribution is 0.469. The lowest BCUT2D eigenvalue weighted by Gasteiger charge is -2.11. The first-order valence-electron chi connectivity index (χ1n) is 6.71. The summed E-state index contributed by atoms with van der Waals surface area (Å²) in [5.74, 6) is 0.253. The van der Waals surface area contributed by atoms with Gasteiger partial charge in [-0.3, -0.25) is 0 Å². The third-order valence-electron chi connectivity index (χ3n) is 3.34. The van der Waals surface area contributed by atoms with Crippen LogP contribution in [0.5, 0.6) is 5.75 Å². The minimum Gasteiger partial charge on any atom is -0.508 e. The fourth-order valence-corrected chi connectivity index (χ4v) is 2.19. The number of anilines is 2. The molecule has 0 atom stereocenters. The molecule has 0 unspecified atom stereocenters. The first-order chi connectivity index (χ1) is 9.60. The summed E-state index contributed by atoms with van der Waals surface area (Å²) in [4.78, 5) is 0. The molecule has 0 saturated carbocycles. The van der Waals surface area contributed by atoms with E-state index in [4.69, 9.17) is 11.5 Å². The molecule has 2 rings (SSSR count). The quantitative estimate of drug-likeness (QED) is 0.497. The Labute approximate surface area is 119 Å². The maximum atomic E-state index is 9.77. The van der Waals surface area contributed by atoms with Crippen molar-refractivity contribution < 1.29 is 5.11 Å². The van der Waals surface area contributed by atoms with Gasteiger partial charge in [-0.25, -0.2) is 0 Å². The Hall–Kier alpha value is -2.20. The topological polar surface area (TPSA) is 84.3 Å². The van der Waals surface area contributed by atoms with E-state index in [1.165, 1.54) is 11.1 Å². The molecular weight excluding hydrogens is 250 g/mol. The van der Waals surface area contributed by atoms with E-state index in [1.807, 2.05) is 6.07 Å². The number of benzene rings is 2. The molecule has 0 aliphatic heterocycles. The highest BCUT2D eigenvalue weighted by Crippen LogP contribution is 2.22. The van der Waals surface area contributed by atoms with Gasteiger partial charge in [0.25, 0.3) is 0 Å². The summed E-state index contributed by atoms with van der Waals surface area (Å²) in [5, 5.41) is 13.1. The van der Waals surface area contributed by atoms with Gasteiger partial charge in [-0.05, 0) is 61.3 Å². The van der Waals surface area contributed by atoms with Crippen molar-refractivity contribution in [2.24, 2.45) is 5.73 Å². The van der Waals surface area contributed by atoms with E-state index in [-0.39, 0.29) is 5.75 Å². The smallest absolute Gasteiger partial charge is 0.120 e. The van der Waals surface area contributed by atoms with Crippen molar-refractivity contribution in [1.82, 2.24) is 0 Å². The summed E-state index contributed by atoms with van der Waals surface area (Å²) >= 11 is 0. The fraction of sp³-hybridized carbons (Fsp3) is 0.250. The van der Waals surface area contributed by atoms with Crippen LogP contribution >= 0.6 is 0 Å². The highest BCUT2D eigenvalue weighted by Gasteiger charge is 2.03. The number of nitrogens with two attached hydrogens (primary N) is 2. The minimum atomic E-state index is 0.253. The van der Waals surface area contributed by atoms with Crippen molar-refractivity contribution in [3.8, 4) is 5.75 Å². The maximum Gasteiger partial charge on any atom is 0.120 e. The van der Waals surface area contributed by atoms with Gasteiger partial charge in [0.15, 0.2) is 0 Å². The fourth-order valence-electron chi connectivity index (χ4n) is 2.19. The van der Waals surface area contributed by atoms with Crippen LogP contribution in [0.25, 0.3) is 0 Å². The van der Waals surface area contributed by atoms with Gasteiger partial charge in [0.1, 0.15) is 5.75 Å². The molecule has 0 saturated heterocycles. The second kappa shape index (κ2) is 6.30. The van der Waals surface area contributed by atoms with Crippen LogP contribution < -0.4 is 16.8 Å². The zero-order valence-corrected chi connectivity index (χ0v) is 11.7. The van der Waals surface area contributed by atoms with E-state index in [0.29, 0.717) is 18.8 Å². The SMILES string of the molecule is Cc1cc(NCc2cc(N)ccc2O)ccc1CCN. The molecule has 0 aliphatic carbocycles. The van der Waals surface area contributed by atoms with Crippen LogP contribution in [0.4, 0.5) is 11.4 Å². The third-order valence-corrected chi connectivity index (χ3v) is 3.34. The predicted octanol–water partition coefficient (Wildman–Crippen LogP) is 2.40. The molecule has 2 aromatic rings. The number of aromatic hydroxyl groups is 1. The number of hydrogen-bond acceptors (Lipinski definition) is 4. The van der Waals surface area contributed by atoms with Crippen LogP contribution in [0.1, 0.15) is 16.7 Å². The predicted molar refractivity (Wildman–Crippen MR) is 83.8 cm³/mol. The Kier molecular flexibility index (Phi) is 4.48. The number of nitrogens with one attached hydrogen (secondary N) is 1. The molecule has 0 amide bonds. The number of phenolic OH excluding ortho intramolecular Hbond substituents is 1. The summed E-state index contributed by atoms with van der Waals surface area (Å²) < 4.78 is 0. The number of hydrogen-bond donors (Lipinski definition) is 4. The van der Waals surface area contributed by atoms with Gasteiger partial charge in [0, 0.05) is 23.5 Å². The molecule has 4 heteroatoms. The van der Waals surface area contributed by atoms with Gasteiger partial charge in [-0.15, -0.1) is 0 Å². The van der Waals surface area contributed by atoms with Gasteiger partial charge in [-0.1, -0.05) is 6.07 Å². The van der Waals surface area contributed by atoms with E-state index >= 15 is 0 Å². The van der Waals surface area contributed by atoms with E-state index in [0.717, 1.165) is 17.7 Å². The molecule has 0 aliphatic rings. The molecule has 6 N–H and O–H groups in total. The molecule has 20 heavy (non-hydrogen) atoms. The highest BCUT2D eigenvalue weighted by molar-refractivity contribution is 5.52. The van der Waals surface area contributed by atoms with Crippen LogP contribution in [0.3, 0.4) is 0 Å². The highest BCUT2D eigenvalue weighted by atomic mass is 16.3. The number of aryl methyl sites for hydroxylation is 1. The average Bonchev–Trinajstić information content (AvgIpc) is 2.43. The van der Waals surface area contributed by atoms with Crippen LogP contribution in [0.2, 0.25) is 0 Å². The molecule has 0 heterocycles. The van der Waals surface area contributed by atoms with E-state index < -0.39 is 0 Å². The molecule has 0 radical (unpaired) electrons. The second-order valence-corrected chi connectivity index (χ2v) is 4.92. The summed E-state index contributed by atoms with van der Waals surface area (Å²) in [6.07, 6.45) is 0.891. The number of rotatable bonds is 5. The molecule has 0 bridgehead atoms. The molecule has 2 aromatic carbocycles. The lowest BCUT2D eigenvalue weighted by atomic mass is 10.0. The van der Waals surface area contributed by atoms with E-state index in [2.05, 4.69) is 24.4 Å². The van der Waals surface area contributed by atoms with Crippen molar-refractivity contribution in [3.05, 3.63) is 53.1 Å². The Morgan fingerprint density at radius 2 is 1.90 bits per heavy atom. The van der Waals surface area contributed by atoms with Crippen molar-refractivity contribution in [2.45, 2.75) is 19.9 Å². The van der Waals surface area contributed by atoms with Gasteiger partial charge < -0.3 is 21.9 Å². The van der Waals surface area contributed by atoms with Crippen LogP contribution in [0, 0.1) is 6.92 Å². The molecule has 0 fully saturated rings. The largest absolute Gasteiger partial charge is 0.508 e. The molecule has 0 aromatic heterocycles. The normalized spacial score (nSPS) is 10.5. The maximum absolute atomic E-state index is 9.77. The molecule has 106 valence electrons. The summed E-state index contributed by atoms with van der Waals surface area (Å²) in [7, 11) is 0. The summed E-state index contributed by atoms with van der Waals surface area (Å²) in [5.41, 5.74) is 16.2. The summed E-state index contributed by atoms with van der Waals surface area (Å²) in [6, 6.07) is 11.3. The lowest BCUT2D eigenvalue weighted by Crippen LogP contribution is -2.05. The standard InChI is InChI=1S/C16H21N3O/c1-11-8-15(4-2-12(11)6-7-17)19-10-13-9-14(18)3-5-16(13)20/h2-5,8-9,19-20H,6-7,10,17-18H2,1H3. The number of phenols is 1. The van der Waals surface area contributed by atoms with Gasteiger partial charge in [0.05, 0.1) is 0 Å². The van der Waals surface area contributed by atoms with Gasteiger partial charge in [-0.2, -0.15) is 0 Å². The number of nitrogen functional groups attached to an aromatic ring is 1. The zero-order valence-electron chi connectivity index (χ0n) is 11.7. The van der Waals surface area contributed by atoms with Crippen LogP contribution in [-0.4, -0.2) is 11.7 Å². The van der Waals surface area contributed by atoms with Crippen molar-refractivity contribution >= 4 is 11.4 Å². The second-order valence-electron chi connectivity index (χ2n) is 4.92. The van der Waals surface area contributed by atoms with Crippen molar-refractivity contribution in [3.63, 3.8) is 0 Å². The first kappa shape index (κ1) is 14.2. The van der Waals surface area contributed by atoms with Crippen LogP contribution in [0.15, 0.2) is 36.4 Å². The minimum absolute atomic E-state index is 0.253. The summed E-state index contributed by atoms with van der Waals surface area (Å²) in [6.45, 7) is 3.27. The molecule has 0 spiro atoms. The third kappa shape index (κ3) is 3.42. The van der Waals surface area contributed by atoms with Gasteiger partial charge >= 0.3 is 0 Å². The van der Waals surface area contributed by atoms with E-state index in [1.54, 1.807) is 18.2 Å². The van der Waals surface area contributed by atoms with E-state index in [9.17, 15) is 5.11 Å². The Morgan fingerprint density at radius 3 is 2.60 bits per heavy atom. The first-order valence-corrected chi connectivity index (χ1v) is 6.71. The zero-order chi connectivity index (χ0) is 14.5. The monoisotopic (exact) mass is 271 g/mol. The average molecular weight is 271 g/mol. The Morgan fingerprint density at radius 1 is 1.10 bits per heavy atom. The Bertz CT molecular complexity index is 596. The van der Waals surface area contributed by atoms with Crippen molar-refractivity contribution in [1.29, 1.82) is 0 Å². The van der Waals surface area contributed by atoms with Crippen LogP contribution in [-0.2, 0) is 13.0 Å². The Balaban J connectivity index is 2.07.